The molecular formula is C20H19BrN4. The summed E-state index contributed by atoms with van der Waals surface area (Å²) >= 11 is 3.53. The normalized spacial score (nSPS) is 11.5. The average molecular weight is 395 g/mol. The summed E-state index contributed by atoms with van der Waals surface area (Å²) in [6.07, 6.45) is 1.60. The monoisotopic (exact) mass is 394 g/mol. The molecule has 0 amide bonds. The Kier molecular flexibility index (Phi) is 4.04. The summed E-state index contributed by atoms with van der Waals surface area (Å²) in [5, 5.41) is 2.43. The number of fused-ring (bicyclic) bond motifs is 3. The van der Waals surface area contributed by atoms with Crippen molar-refractivity contribution in [2.45, 2.75) is 26.7 Å². The topological polar surface area (TPSA) is 43.6 Å². The van der Waals surface area contributed by atoms with Crippen LogP contribution in [0.25, 0.3) is 21.8 Å². The summed E-state index contributed by atoms with van der Waals surface area (Å²) in [4.78, 5) is 14.1. The molecular weight excluding hydrogens is 376 g/mol. The van der Waals surface area contributed by atoms with Gasteiger partial charge in [-0.1, -0.05) is 30.3 Å². The van der Waals surface area contributed by atoms with Gasteiger partial charge in [0.25, 0.3) is 0 Å². The fourth-order valence-corrected chi connectivity index (χ4v) is 3.48. The van der Waals surface area contributed by atoms with Crippen LogP contribution in [-0.2, 0) is 19.9 Å². The maximum absolute atomic E-state index is 4.92. The summed E-state index contributed by atoms with van der Waals surface area (Å²) in [7, 11) is 2.08. The van der Waals surface area contributed by atoms with E-state index in [1.165, 1.54) is 10.8 Å². The molecule has 0 atom stereocenters. The van der Waals surface area contributed by atoms with Crippen LogP contribution >= 0.6 is 15.9 Å². The summed E-state index contributed by atoms with van der Waals surface area (Å²) in [5.74, 6) is 1.93. The highest BCUT2D eigenvalue weighted by Gasteiger charge is 2.12. The molecule has 0 aliphatic heterocycles. The highest BCUT2D eigenvalue weighted by Crippen LogP contribution is 2.25. The molecule has 0 aliphatic rings. The van der Waals surface area contributed by atoms with Crippen LogP contribution in [0.5, 0.6) is 0 Å². The van der Waals surface area contributed by atoms with Crippen molar-refractivity contribution >= 4 is 37.7 Å². The molecule has 0 saturated carbocycles. The van der Waals surface area contributed by atoms with E-state index in [1.807, 2.05) is 13.8 Å². The number of aromatic nitrogens is 4. The number of halogens is 1. The van der Waals surface area contributed by atoms with E-state index < -0.39 is 0 Å². The van der Waals surface area contributed by atoms with Gasteiger partial charge in [-0.3, -0.25) is 0 Å². The first-order valence-corrected chi connectivity index (χ1v) is 9.16. The molecule has 2 heterocycles. The average Bonchev–Trinajstić information content (AvgIpc) is 2.94. The highest BCUT2D eigenvalue weighted by molar-refractivity contribution is 9.10. The molecule has 5 heteroatoms. The molecule has 0 radical (unpaired) electrons. The fourth-order valence-electron chi connectivity index (χ4n) is 3.31. The maximum atomic E-state index is 4.92. The van der Waals surface area contributed by atoms with Crippen molar-refractivity contribution in [2.75, 3.05) is 0 Å². The Morgan fingerprint density at radius 3 is 2.40 bits per heavy atom. The van der Waals surface area contributed by atoms with Gasteiger partial charge < -0.3 is 4.57 Å². The van der Waals surface area contributed by atoms with Gasteiger partial charge >= 0.3 is 0 Å². The minimum absolute atomic E-state index is 0.782. The number of nitrogens with zero attached hydrogens (tertiary/aromatic N) is 4. The zero-order chi connectivity index (χ0) is 17.6. The van der Waals surface area contributed by atoms with Crippen molar-refractivity contribution in [2.24, 2.45) is 7.05 Å². The Bertz CT molecular complexity index is 1070. The minimum Gasteiger partial charge on any atom is -0.331 e. The second-order valence-corrected chi connectivity index (χ2v) is 7.16. The predicted molar refractivity (Wildman–Crippen MR) is 105 cm³/mol. The van der Waals surface area contributed by atoms with E-state index in [1.54, 1.807) is 0 Å². The third kappa shape index (κ3) is 2.82. The molecule has 0 unspecified atom stereocenters. The first-order chi connectivity index (χ1) is 12.0. The van der Waals surface area contributed by atoms with Crippen LogP contribution in [0.15, 0.2) is 40.9 Å². The molecule has 126 valence electrons. The van der Waals surface area contributed by atoms with Crippen molar-refractivity contribution < 1.29 is 0 Å². The number of aryl methyl sites for hydroxylation is 5. The number of hydrogen-bond donors (Lipinski definition) is 0. The molecule has 0 saturated heterocycles. The lowest BCUT2D eigenvalue weighted by molar-refractivity contribution is 0.751. The highest BCUT2D eigenvalue weighted by atomic mass is 79.9. The molecule has 0 N–H and O–H groups in total. The standard InChI is InChI=1S/C20H19BrN4/c1-12-19(21)13(2)23-17(22-12)10-11-18-24-20-15-7-5-4-6-14(15)8-9-16(20)25(18)3/h4-9H,10-11H2,1-3H3. The second kappa shape index (κ2) is 6.23. The molecule has 2 aromatic carbocycles. The Balaban J connectivity index is 1.70. The predicted octanol–water partition coefficient (Wildman–Crippen LogP) is 4.68. The Labute approximate surface area is 155 Å². The van der Waals surface area contributed by atoms with Gasteiger partial charge in [-0.15, -0.1) is 0 Å². The van der Waals surface area contributed by atoms with Gasteiger partial charge in [0.1, 0.15) is 11.6 Å². The molecule has 0 bridgehead atoms. The Morgan fingerprint density at radius 1 is 0.920 bits per heavy atom. The van der Waals surface area contributed by atoms with E-state index in [0.717, 1.165) is 51.4 Å². The zero-order valence-electron chi connectivity index (χ0n) is 14.5. The smallest absolute Gasteiger partial charge is 0.129 e. The molecule has 2 aromatic heterocycles. The lowest BCUT2D eigenvalue weighted by Crippen LogP contribution is -2.05. The number of benzene rings is 2. The van der Waals surface area contributed by atoms with E-state index in [9.17, 15) is 0 Å². The number of imidazole rings is 1. The summed E-state index contributed by atoms with van der Waals surface area (Å²) in [6, 6.07) is 12.7. The lowest BCUT2D eigenvalue weighted by atomic mass is 10.1. The third-order valence-electron chi connectivity index (χ3n) is 4.67. The molecule has 4 rings (SSSR count). The largest absolute Gasteiger partial charge is 0.331 e. The van der Waals surface area contributed by atoms with Crippen molar-refractivity contribution in [1.29, 1.82) is 0 Å². The maximum Gasteiger partial charge on any atom is 0.129 e. The molecule has 4 aromatic rings. The van der Waals surface area contributed by atoms with Crippen molar-refractivity contribution in [3.05, 3.63) is 63.9 Å². The first-order valence-electron chi connectivity index (χ1n) is 8.37. The van der Waals surface area contributed by atoms with Gasteiger partial charge in [0.05, 0.1) is 26.9 Å². The van der Waals surface area contributed by atoms with E-state index in [-0.39, 0.29) is 0 Å². The SMILES string of the molecule is Cc1nc(CCc2nc3c4ccccc4ccc3n2C)nc(C)c1Br. The molecule has 0 spiro atoms. The van der Waals surface area contributed by atoms with Crippen LogP contribution in [0.2, 0.25) is 0 Å². The van der Waals surface area contributed by atoms with Crippen LogP contribution in [0, 0.1) is 13.8 Å². The summed E-state index contributed by atoms with van der Waals surface area (Å²) < 4.78 is 3.17. The van der Waals surface area contributed by atoms with Crippen molar-refractivity contribution in [1.82, 2.24) is 19.5 Å². The van der Waals surface area contributed by atoms with Crippen LogP contribution in [0.4, 0.5) is 0 Å². The molecule has 25 heavy (non-hydrogen) atoms. The van der Waals surface area contributed by atoms with Crippen LogP contribution in [0.1, 0.15) is 23.0 Å². The van der Waals surface area contributed by atoms with Crippen molar-refractivity contribution in [3.63, 3.8) is 0 Å². The Morgan fingerprint density at radius 2 is 1.64 bits per heavy atom. The van der Waals surface area contributed by atoms with E-state index in [0.29, 0.717) is 0 Å². The molecule has 0 fully saturated rings. The van der Waals surface area contributed by atoms with Crippen LogP contribution < -0.4 is 0 Å². The lowest BCUT2D eigenvalue weighted by Gasteiger charge is -2.06. The number of rotatable bonds is 3. The zero-order valence-corrected chi connectivity index (χ0v) is 16.1. The first kappa shape index (κ1) is 16.2. The number of hydrogen-bond acceptors (Lipinski definition) is 3. The van der Waals surface area contributed by atoms with Gasteiger partial charge in [-0.05, 0) is 41.2 Å². The second-order valence-electron chi connectivity index (χ2n) is 6.37. The minimum atomic E-state index is 0.782. The van der Waals surface area contributed by atoms with Gasteiger partial charge in [0, 0.05) is 25.3 Å². The van der Waals surface area contributed by atoms with Gasteiger partial charge in [-0.25, -0.2) is 15.0 Å². The van der Waals surface area contributed by atoms with E-state index >= 15 is 0 Å². The third-order valence-corrected chi connectivity index (χ3v) is 5.82. The quantitative estimate of drug-likeness (QED) is 0.506. The van der Waals surface area contributed by atoms with Gasteiger partial charge in [0.15, 0.2) is 0 Å². The van der Waals surface area contributed by atoms with E-state index in [4.69, 9.17) is 4.98 Å². The van der Waals surface area contributed by atoms with Gasteiger partial charge in [0.2, 0.25) is 0 Å². The Hall–Kier alpha value is -2.27. The van der Waals surface area contributed by atoms with Gasteiger partial charge in [-0.2, -0.15) is 0 Å². The van der Waals surface area contributed by atoms with Crippen molar-refractivity contribution in [3.8, 4) is 0 Å². The fraction of sp³-hybridized carbons (Fsp3) is 0.250. The van der Waals surface area contributed by atoms with Crippen LogP contribution in [0.3, 0.4) is 0 Å². The molecule has 4 nitrogen and oxygen atoms in total. The van der Waals surface area contributed by atoms with E-state index in [2.05, 4.69) is 73.9 Å². The summed E-state index contributed by atoms with van der Waals surface area (Å²) in [5.41, 5.74) is 4.20. The van der Waals surface area contributed by atoms with Crippen LogP contribution in [-0.4, -0.2) is 19.5 Å². The summed E-state index contributed by atoms with van der Waals surface area (Å²) in [6.45, 7) is 4.01. The molecule has 0 aliphatic carbocycles.